The lowest BCUT2D eigenvalue weighted by atomic mass is 10.1. The molecule has 0 aliphatic rings. The Morgan fingerprint density at radius 2 is 1.86 bits per heavy atom. The van der Waals surface area contributed by atoms with Crippen molar-refractivity contribution in [3.8, 4) is 0 Å². The van der Waals surface area contributed by atoms with Gasteiger partial charge in [0.05, 0.1) is 16.6 Å². The summed E-state index contributed by atoms with van der Waals surface area (Å²) in [5.74, 6) is 0.412. The van der Waals surface area contributed by atoms with Crippen LogP contribution in [0.3, 0.4) is 0 Å². The van der Waals surface area contributed by atoms with Crippen LogP contribution in [0.4, 0.5) is 24.8 Å². The zero-order valence-corrected chi connectivity index (χ0v) is 11.1. The third kappa shape index (κ3) is 2.84. The summed E-state index contributed by atoms with van der Waals surface area (Å²) < 4.78 is 38.4. The molecule has 0 atom stereocenters. The summed E-state index contributed by atoms with van der Waals surface area (Å²) in [6.07, 6.45) is -4.36. The van der Waals surface area contributed by atoms with Gasteiger partial charge in [-0.3, -0.25) is 0 Å². The lowest BCUT2D eigenvalue weighted by Crippen LogP contribution is -2.06. The quantitative estimate of drug-likeness (QED) is 0.722. The number of aromatic amines is 1. The van der Waals surface area contributed by atoms with Crippen LogP contribution in [0.2, 0.25) is 0 Å². The summed E-state index contributed by atoms with van der Waals surface area (Å²) in [7, 11) is 0. The Kier molecular flexibility index (Phi) is 3.08. The van der Waals surface area contributed by atoms with Crippen LogP contribution in [0.15, 0.2) is 42.5 Å². The molecule has 0 aliphatic carbocycles. The predicted octanol–water partition coefficient (Wildman–Crippen LogP) is 4.63. The van der Waals surface area contributed by atoms with Gasteiger partial charge in [0, 0.05) is 5.69 Å². The molecule has 0 amide bonds. The standard InChI is InChI=1S/C15H12F3N3/c1-9-6-10(15(16,17)18)8-11(7-9)19-14-20-12-4-2-3-5-13(12)21-14/h2-8H,1H3,(H2,19,20,21). The zero-order valence-electron chi connectivity index (χ0n) is 11.1. The second-order valence-electron chi connectivity index (χ2n) is 4.81. The van der Waals surface area contributed by atoms with Crippen molar-refractivity contribution in [3.05, 3.63) is 53.6 Å². The first-order chi connectivity index (χ1) is 9.91. The maximum Gasteiger partial charge on any atom is 0.416 e. The van der Waals surface area contributed by atoms with E-state index < -0.39 is 11.7 Å². The van der Waals surface area contributed by atoms with Gasteiger partial charge in [0.25, 0.3) is 0 Å². The zero-order chi connectivity index (χ0) is 15.0. The molecule has 0 fully saturated rings. The maximum atomic E-state index is 12.8. The Morgan fingerprint density at radius 3 is 2.57 bits per heavy atom. The highest BCUT2D eigenvalue weighted by atomic mass is 19.4. The molecule has 108 valence electrons. The molecule has 0 saturated heterocycles. The molecule has 2 N–H and O–H groups in total. The normalized spacial score (nSPS) is 11.8. The second-order valence-corrected chi connectivity index (χ2v) is 4.81. The number of alkyl halides is 3. The molecule has 0 bridgehead atoms. The fourth-order valence-corrected chi connectivity index (χ4v) is 2.17. The van der Waals surface area contributed by atoms with Gasteiger partial charge in [-0.25, -0.2) is 4.98 Å². The molecule has 3 aromatic rings. The van der Waals surface area contributed by atoms with Gasteiger partial charge in [0.2, 0.25) is 5.95 Å². The van der Waals surface area contributed by atoms with Crippen molar-refractivity contribution >= 4 is 22.7 Å². The number of benzene rings is 2. The molecule has 3 rings (SSSR count). The Hall–Kier alpha value is -2.50. The van der Waals surface area contributed by atoms with E-state index in [1.165, 1.54) is 0 Å². The summed E-state index contributed by atoms with van der Waals surface area (Å²) in [6, 6.07) is 11.2. The molecule has 21 heavy (non-hydrogen) atoms. The number of aryl methyl sites for hydroxylation is 1. The van der Waals surface area contributed by atoms with Crippen LogP contribution in [-0.4, -0.2) is 9.97 Å². The van der Waals surface area contributed by atoms with Crippen molar-refractivity contribution in [3.63, 3.8) is 0 Å². The van der Waals surface area contributed by atoms with E-state index in [1.807, 2.05) is 24.3 Å². The molecular weight excluding hydrogens is 279 g/mol. The monoisotopic (exact) mass is 291 g/mol. The first-order valence-corrected chi connectivity index (χ1v) is 6.32. The number of rotatable bonds is 2. The van der Waals surface area contributed by atoms with E-state index in [0.29, 0.717) is 17.2 Å². The van der Waals surface area contributed by atoms with E-state index in [2.05, 4.69) is 15.3 Å². The van der Waals surface area contributed by atoms with Gasteiger partial charge in [0.15, 0.2) is 0 Å². The number of halogens is 3. The third-order valence-corrected chi connectivity index (χ3v) is 3.06. The van der Waals surface area contributed by atoms with Gasteiger partial charge in [-0.15, -0.1) is 0 Å². The number of H-pyrrole nitrogens is 1. The molecule has 0 unspecified atom stereocenters. The molecule has 2 aromatic carbocycles. The minimum Gasteiger partial charge on any atom is -0.326 e. The third-order valence-electron chi connectivity index (χ3n) is 3.06. The lowest BCUT2D eigenvalue weighted by molar-refractivity contribution is -0.137. The number of para-hydroxylation sites is 2. The van der Waals surface area contributed by atoms with Crippen LogP contribution in [-0.2, 0) is 6.18 Å². The number of nitrogens with one attached hydrogen (secondary N) is 2. The fourth-order valence-electron chi connectivity index (χ4n) is 2.17. The smallest absolute Gasteiger partial charge is 0.326 e. The fraction of sp³-hybridized carbons (Fsp3) is 0.133. The Bertz CT molecular complexity index is 757. The van der Waals surface area contributed by atoms with E-state index in [4.69, 9.17) is 0 Å². The lowest BCUT2D eigenvalue weighted by Gasteiger charge is -2.11. The predicted molar refractivity (Wildman–Crippen MR) is 75.6 cm³/mol. The largest absolute Gasteiger partial charge is 0.416 e. The average Bonchev–Trinajstić information content (AvgIpc) is 2.79. The van der Waals surface area contributed by atoms with Gasteiger partial charge in [-0.1, -0.05) is 12.1 Å². The average molecular weight is 291 g/mol. The molecule has 0 spiro atoms. The number of aromatic nitrogens is 2. The number of anilines is 2. The second kappa shape index (κ2) is 4.80. The maximum absolute atomic E-state index is 12.8. The summed E-state index contributed by atoms with van der Waals surface area (Å²) in [5.41, 5.74) is 1.78. The number of hydrogen-bond donors (Lipinski definition) is 2. The molecule has 6 heteroatoms. The highest BCUT2D eigenvalue weighted by Crippen LogP contribution is 2.32. The van der Waals surface area contributed by atoms with Crippen molar-refractivity contribution in [2.24, 2.45) is 0 Å². The number of fused-ring (bicyclic) bond motifs is 1. The van der Waals surface area contributed by atoms with Gasteiger partial charge in [0.1, 0.15) is 0 Å². The van der Waals surface area contributed by atoms with Crippen LogP contribution in [0.5, 0.6) is 0 Å². The van der Waals surface area contributed by atoms with Crippen molar-refractivity contribution < 1.29 is 13.2 Å². The van der Waals surface area contributed by atoms with E-state index in [9.17, 15) is 13.2 Å². The molecule has 0 aliphatic heterocycles. The first-order valence-electron chi connectivity index (χ1n) is 6.32. The van der Waals surface area contributed by atoms with Gasteiger partial charge < -0.3 is 10.3 Å². The summed E-state index contributed by atoms with van der Waals surface area (Å²) >= 11 is 0. The molecule has 3 nitrogen and oxygen atoms in total. The first kappa shape index (κ1) is 13.5. The van der Waals surface area contributed by atoms with E-state index in [-0.39, 0.29) is 0 Å². The van der Waals surface area contributed by atoms with E-state index >= 15 is 0 Å². The molecule has 0 saturated carbocycles. The molecule has 0 radical (unpaired) electrons. The van der Waals surface area contributed by atoms with Gasteiger partial charge >= 0.3 is 6.18 Å². The Balaban J connectivity index is 1.95. The van der Waals surface area contributed by atoms with E-state index in [0.717, 1.165) is 23.2 Å². The highest BCUT2D eigenvalue weighted by Gasteiger charge is 2.30. The van der Waals surface area contributed by atoms with Crippen LogP contribution in [0.1, 0.15) is 11.1 Å². The van der Waals surface area contributed by atoms with Crippen molar-refractivity contribution in [1.82, 2.24) is 9.97 Å². The number of imidazole rings is 1. The molecule has 1 aromatic heterocycles. The van der Waals surface area contributed by atoms with Crippen molar-refractivity contribution in [1.29, 1.82) is 0 Å². The molecule has 1 heterocycles. The minimum absolute atomic E-state index is 0.349. The van der Waals surface area contributed by atoms with Crippen LogP contribution < -0.4 is 5.32 Å². The minimum atomic E-state index is -4.36. The number of hydrogen-bond acceptors (Lipinski definition) is 2. The summed E-state index contributed by atoms with van der Waals surface area (Å²) in [6.45, 7) is 1.62. The summed E-state index contributed by atoms with van der Waals surface area (Å²) in [4.78, 5) is 7.30. The molecular formula is C15H12F3N3. The SMILES string of the molecule is Cc1cc(Nc2nc3ccccc3[nH]2)cc(C(F)(F)F)c1. The topological polar surface area (TPSA) is 40.7 Å². The van der Waals surface area contributed by atoms with Gasteiger partial charge in [-0.2, -0.15) is 13.2 Å². The summed E-state index contributed by atoms with van der Waals surface area (Å²) in [5, 5.41) is 2.88. The van der Waals surface area contributed by atoms with Crippen LogP contribution in [0, 0.1) is 6.92 Å². The van der Waals surface area contributed by atoms with Gasteiger partial charge in [-0.05, 0) is 42.8 Å². The van der Waals surface area contributed by atoms with Crippen molar-refractivity contribution in [2.75, 3.05) is 5.32 Å². The Labute approximate surface area is 118 Å². The Morgan fingerprint density at radius 1 is 1.10 bits per heavy atom. The van der Waals surface area contributed by atoms with Crippen LogP contribution in [0.25, 0.3) is 11.0 Å². The van der Waals surface area contributed by atoms with E-state index in [1.54, 1.807) is 13.0 Å². The van der Waals surface area contributed by atoms with Crippen molar-refractivity contribution in [2.45, 2.75) is 13.1 Å². The highest BCUT2D eigenvalue weighted by molar-refractivity contribution is 5.78. The van der Waals surface area contributed by atoms with Crippen LogP contribution >= 0.6 is 0 Å². The number of nitrogens with zero attached hydrogens (tertiary/aromatic N) is 1.